The number of nitrogens with zero attached hydrogens (tertiary/aromatic N) is 1. The quantitative estimate of drug-likeness (QED) is 0.688. The van der Waals surface area contributed by atoms with Crippen molar-refractivity contribution in [3.63, 3.8) is 0 Å². The third-order valence-electron chi connectivity index (χ3n) is 2.95. The Morgan fingerprint density at radius 1 is 1.38 bits per heavy atom. The number of carbonyl (C=O) groups excluding carboxylic acids is 1. The molecule has 1 saturated heterocycles. The van der Waals surface area contributed by atoms with Crippen LogP contribution in [0.2, 0.25) is 0 Å². The molecule has 0 saturated carbocycles. The first kappa shape index (κ1) is 13.3. The molecule has 1 heterocycles. The van der Waals surface area contributed by atoms with Gasteiger partial charge in [0.2, 0.25) is 0 Å². The lowest BCUT2D eigenvalue weighted by molar-refractivity contribution is 0.0187. The molecule has 2 atom stereocenters. The Labute approximate surface area is 99.1 Å². The maximum Gasteiger partial charge on any atom is 0.410 e. The molecule has 1 rings (SSSR count). The van der Waals surface area contributed by atoms with E-state index < -0.39 is 5.60 Å². The second kappa shape index (κ2) is 4.64. The summed E-state index contributed by atoms with van der Waals surface area (Å²) in [5, 5.41) is 0. The molecule has 1 aliphatic heterocycles. The number of hydrogen-bond donors (Lipinski definition) is 0. The molecule has 94 valence electrons. The van der Waals surface area contributed by atoms with E-state index in [1.807, 2.05) is 25.7 Å². The van der Waals surface area contributed by atoms with E-state index in [2.05, 4.69) is 20.8 Å². The van der Waals surface area contributed by atoms with Gasteiger partial charge < -0.3 is 9.64 Å². The third-order valence-corrected chi connectivity index (χ3v) is 2.95. The molecule has 0 spiro atoms. The van der Waals surface area contributed by atoms with E-state index in [4.69, 9.17) is 4.74 Å². The van der Waals surface area contributed by atoms with Crippen molar-refractivity contribution in [1.29, 1.82) is 0 Å². The van der Waals surface area contributed by atoms with Crippen LogP contribution in [0.1, 0.15) is 48.0 Å². The van der Waals surface area contributed by atoms with Crippen LogP contribution in [0.5, 0.6) is 0 Å². The van der Waals surface area contributed by atoms with Gasteiger partial charge in [0.1, 0.15) is 5.60 Å². The van der Waals surface area contributed by atoms with Crippen LogP contribution in [-0.4, -0.2) is 29.2 Å². The Bertz CT molecular complexity index is 255. The predicted octanol–water partition coefficient (Wildman–Crippen LogP) is 3.29. The summed E-state index contributed by atoms with van der Waals surface area (Å²) in [5.41, 5.74) is -0.398. The summed E-state index contributed by atoms with van der Waals surface area (Å²) in [7, 11) is 0. The van der Waals surface area contributed by atoms with Gasteiger partial charge in [-0.3, -0.25) is 0 Å². The van der Waals surface area contributed by atoms with Crippen molar-refractivity contribution in [2.45, 2.75) is 59.6 Å². The number of rotatable bonds is 1. The summed E-state index contributed by atoms with van der Waals surface area (Å²) in [6.07, 6.45) is 0.937. The fourth-order valence-corrected chi connectivity index (χ4v) is 2.25. The topological polar surface area (TPSA) is 29.5 Å². The molecule has 3 heteroatoms. The summed E-state index contributed by atoms with van der Waals surface area (Å²) in [6.45, 7) is 13.1. The maximum atomic E-state index is 12.0. The van der Waals surface area contributed by atoms with Crippen molar-refractivity contribution in [2.75, 3.05) is 6.54 Å². The van der Waals surface area contributed by atoms with Crippen molar-refractivity contribution < 1.29 is 9.53 Å². The van der Waals surface area contributed by atoms with Gasteiger partial charge in [-0.15, -0.1) is 0 Å². The minimum atomic E-state index is -0.398. The molecule has 0 unspecified atom stereocenters. The van der Waals surface area contributed by atoms with Crippen LogP contribution < -0.4 is 0 Å². The zero-order valence-corrected chi connectivity index (χ0v) is 11.4. The molecule has 0 radical (unpaired) electrons. The molecule has 3 nitrogen and oxygen atoms in total. The lowest BCUT2D eigenvalue weighted by Gasteiger charge is -2.30. The normalized spacial score (nSPS) is 26.3. The van der Waals surface area contributed by atoms with Crippen LogP contribution in [0.4, 0.5) is 4.79 Å². The summed E-state index contributed by atoms with van der Waals surface area (Å²) >= 11 is 0. The largest absolute Gasteiger partial charge is 0.444 e. The number of likely N-dealkylation sites (tertiary alicyclic amines) is 1. The molecular formula is C13H25NO2. The molecule has 1 fully saturated rings. The Morgan fingerprint density at radius 3 is 2.38 bits per heavy atom. The van der Waals surface area contributed by atoms with E-state index >= 15 is 0 Å². The molecule has 0 bridgehead atoms. The summed E-state index contributed by atoms with van der Waals surface area (Å²) < 4.78 is 5.44. The van der Waals surface area contributed by atoms with Gasteiger partial charge in [0.05, 0.1) is 0 Å². The highest BCUT2D eigenvalue weighted by atomic mass is 16.6. The van der Waals surface area contributed by atoms with Crippen LogP contribution in [0, 0.1) is 11.8 Å². The van der Waals surface area contributed by atoms with Gasteiger partial charge in [0, 0.05) is 12.6 Å². The number of ether oxygens (including phenoxy) is 1. The van der Waals surface area contributed by atoms with E-state index in [9.17, 15) is 4.79 Å². The van der Waals surface area contributed by atoms with Crippen molar-refractivity contribution in [3.05, 3.63) is 0 Å². The lowest BCUT2D eigenvalue weighted by atomic mass is 9.99. The highest BCUT2D eigenvalue weighted by Gasteiger charge is 2.36. The average Bonchev–Trinajstić information content (AvgIpc) is 2.44. The van der Waals surface area contributed by atoms with Crippen LogP contribution in [0.15, 0.2) is 0 Å². The molecular weight excluding hydrogens is 202 g/mol. The Kier molecular flexibility index (Phi) is 3.87. The van der Waals surface area contributed by atoms with E-state index in [0.717, 1.165) is 13.0 Å². The van der Waals surface area contributed by atoms with Crippen molar-refractivity contribution in [1.82, 2.24) is 4.90 Å². The Hall–Kier alpha value is -0.730. The zero-order valence-electron chi connectivity index (χ0n) is 11.4. The number of carbonyl (C=O) groups is 1. The standard InChI is InChI=1S/C13H25NO2/c1-9(2)11-7-10(3)8-14(11)12(15)16-13(4,5)6/h9-11H,7-8H2,1-6H3/t10-,11-/m1/s1. The highest BCUT2D eigenvalue weighted by Crippen LogP contribution is 2.29. The van der Waals surface area contributed by atoms with Gasteiger partial charge in [-0.1, -0.05) is 20.8 Å². The summed E-state index contributed by atoms with van der Waals surface area (Å²) in [5.74, 6) is 1.08. The predicted molar refractivity (Wildman–Crippen MR) is 65.3 cm³/mol. The smallest absolute Gasteiger partial charge is 0.410 e. The highest BCUT2D eigenvalue weighted by molar-refractivity contribution is 5.69. The average molecular weight is 227 g/mol. The van der Waals surface area contributed by atoms with Crippen molar-refractivity contribution in [2.24, 2.45) is 11.8 Å². The van der Waals surface area contributed by atoms with Crippen molar-refractivity contribution >= 4 is 6.09 Å². The molecule has 0 aromatic heterocycles. The third kappa shape index (κ3) is 3.39. The van der Waals surface area contributed by atoms with E-state index in [0.29, 0.717) is 17.9 Å². The van der Waals surface area contributed by atoms with E-state index in [1.165, 1.54) is 0 Å². The second-order valence-electron chi connectivity index (χ2n) is 6.28. The molecule has 1 aliphatic rings. The molecule has 0 aliphatic carbocycles. The van der Waals surface area contributed by atoms with Crippen molar-refractivity contribution in [3.8, 4) is 0 Å². The van der Waals surface area contributed by atoms with Gasteiger partial charge in [-0.2, -0.15) is 0 Å². The van der Waals surface area contributed by atoms with Crippen LogP contribution in [-0.2, 0) is 4.74 Å². The second-order valence-corrected chi connectivity index (χ2v) is 6.28. The zero-order chi connectivity index (χ0) is 12.5. The summed E-state index contributed by atoms with van der Waals surface area (Å²) in [4.78, 5) is 13.9. The lowest BCUT2D eigenvalue weighted by Crippen LogP contribution is -2.42. The Balaban J connectivity index is 2.67. The fraction of sp³-hybridized carbons (Fsp3) is 0.923. The molecule has 0 aromatic rings. The van der Waals surface area contributed by atoms with Crippen LogP contribution in [0.25, 0.3) is 0 Å². The SMILES string of the molecule is CC(C)[C@H]1C[C@@H](C)CN1C(=O)OC(C)(C)C. The van der Waals surface area contributed by atoms with E-state index in [-0.39, 0.29) is 6.09 Å². The minimum absolute atomic E-state index is 0.157. The van der Waals surface area contributed by atoms with Gasteiger partial charge in [0.15, 0.2) is 0 Å². The van der Waals surface area contributed by atoms with Crippen LogP contribution in [0.3, 0.4) is 0 Å². The van der Waals surface area contributed by atoms with Crippen LogP contribution >= 0.6 is 0 Å². The summed E-state index contributed by atoms with van der Waals surface area (Å²) in [6, 6.07) is 0.338. The number of amides is 1. The molecule has 16 heavy (non-hydrogen) atoms. The fourth-order valence-electron chi connectivity index (χ4n) is 2.25. The van der Waals surface area contributed by atoms with Gasteiger partial charge in [0.25, 0.3) is 0 Å². The molecule has 0 N–H and O–H groups in total. The van der Waals surface area contributed by atoms with Gasteiger partial charge >= 0.3 is 6.09 Å². The van der Waals surface area contributed by atoms with E-state index in [1.54, 1.807) is 0 Å². The Morgan fingerprint density at radius 2 is 1.94 bits per heavy atom. The minimum Gasteiger partial charge on any atom is -0.444 e. The maximum absolute atomic E-state index is 12.0. The van der Waals surface area contributed by atoms with Gasteiger partial charge in [-0.05, 0) is 39.0 Å². The molecule has 1 amide bonds. The van der Waals surface area contributed by atoms with Gasteiger partial charge in [-0.25, -0.2) is 4.79 Å². The first-order chi connectivity index (χ1) is 7.20. The first-order valence-corrected chi connectivity index (χ1v) is 6.20. The molecule has 0 aromatic carbocycles. The number of hydrogen-bond acceptors (Lipinski definition) is 2. The first-order valence-electron chi connectivity index (χ1n) is 6.20. The monoisotopic (exact) mass is 227 g/mol.